The summed E-state index contributed by atoms with van der Waals surface area (Å²) in [6, 6.07) is 1.49. The van der Waals surface area contributed by atoms with E-state index in [1.807, 2.05) is 6.92 Å². The Kier molecular flexibility index (Phi) is 4.67. The van der Waals surface area contributed by atoms with Crippen molar-refractivity contribution in [1.82, 2.24) is 15.2 Å². The monoisotopic (exact) mass is 423 g/mol. The summed E-state index contributed by atoms with van der Waals surface area (Å²) in [5.41, 5.74) is -0.279. The minimum Gasteiger partial charge on any atom is -0.480 e. The highest BCUT2D eigenvalue weighted by Crippen LogP contribution is 2.48. The number of rotatable bonds is 4. The number of aryl methyl sites for hydroxylation is 1. The second-order valence-corrected chi connectivity index (χ2v) is 11.1. The average Bonchev–Trinajstić information content (AvgIpc) is 2.99. The molecule has 4 aliphatic heterocycles. The highest BCUT2D eigenvalue weighted by Gasteiger charge is 2.59. The minimum atomic E-state index is -3.78. The standard InChI is InChI=1S/C20H29N3O5S/c1-14-7-16(17(26-2)22-9-14)29(24,25)18-15(23-10-19(11-23)12-27-13-19)8-20(28-18)3-5-21-6-4-20/h7,9,15,18,21H,3-6,8,10-13H2,1-2H3. The van der Waals surface area contributed by atoms with E-state index in [1.54, 1.807) is 12.3 Å². The Balaban J connectivity index is 1.49. The summed E-state index contributed by atoms with van der Waals surface area (Å²) < 4.78 is 44.7. The largest absolute Gasteiger partial charge is 0.480 e. The van der Waals surface area contributed by atoms with Crippen LogP contribution in [0.15, 0.2) is 17.2 Å². The van der Waals surface area contributed by atoms with Crippen LogP contribution in [0.25, 0.3) is 0 Å². The molecule has 9 heteroatoms. The lowest BCUT2D eigenvalue weighted by molar-refractivity contribution is -0.199. The molecule has 0 radical (unpaired) electrons. The predicted octanol–water partition coefficient (Wildman–Crippen LogP) is 0.742. The molecule has 160 valence electrons. The van der Waals surface area contributed by atoms with E-state index in [1.165, 1.54) is 7.11 Å². The van der Waals surface area contributed by atoms with Gasteiger partial charge in [0, 0.05) is 24.7 Å². The van der Waals surface area contributed by atoms with Crippen molar-refractivity contribution in [2.24, 2.45) is 5.41 Å². The molecule has 0 amide bonds. The van der Waals surface area contributed by atoms with Crippen LogP contribution < -0.4 is 10.1 Å². The number of methoxy groups -OCH3 is 1. The summed E-state index contributed by atoms with van der Waals surface area (Å²) in [6.45, 7) is 6.86. The summed E-state index contributed by atoms with van der Waals surface area (Å²) >= 11 is 0. The van der Waals surface area contributed by atoms with Gasteiger partial charge in [0.05, 0.1) is 32.0 Å². The number of hydrogen-bond acceptors (Lipinski definition) is 8. The van der Waals surface area contributed by atoms with Crippen LogP contribution in [-0.2, 0) is 19.3 Å². The molecule has 8 nitrogen and oxygen atoms in total. The molecule has 2 spiro atoms. The maximum Gasteiger partial charge on any atom is 0.232 e. The quantitative estimate of drug-likeness (QED) is 0.759. The van der Waals surface area contributed by atoms with Crippen molar-refractivity contribution in [3.8, 4) is 5.88 Å². The second kappa shape index (κ2) is 6.88. The van der Waals surface area contributed by atoms with Gasteiger partial charge in [0.1, 0.15) is 4.90 Å². The first-order valence-corrected chi connectivity index (χ1v) is 11.9. The fraction of sp³-hybridized carbons (Fsp3) is 0.750. The van der Waals surface area contributed by atoms with Crippen molar-refractivity contribution in [2.45, 2.75) is 48.2 Å². The van der Waals surface area contributed by atoms with Crippen molar-refractivity contribution in [2.75, 3.05) is 46.5 Å². The third kappa shape index (κ3) is 3.18. The molecule has 29 heavy (non-hydrogen) atoms. The molecule has 5 heterocycles. The first-order chi connectivity index (χ1) is 13.9. The van der Waals surface area contributed by atoms with Crippen LogP contribution in [0.2, 0.25) is 0 Å². The van der Waals surface area contributed by atoms with Crippen LogP contribution in [0.5, 0.6) is 5.88 Å². The molecule has 0 bridgehead atoms. The van der Waals surface area contributed by atoms with Crippen molar-refractivity contribution in [3.63, 3.8) is 0 Å². The Morgan fingerprint density at radius 1 is 1.28 bits per heavy atom. The molecule has 1 N–H and O–H groups in total. The molecule has 4 aliphatic rings. The summed E-state index contributed by atoms with van der Waals surface area (Å²) in [6.07, 6.45) is 4.04. The van der Waals surface area contributed by atoms with Gasteiger partial charge in [-0.1, -0.05) is 0 Å². The fourth-order valence-electron chi connectivity index (χ4n) is 5.26. The van der Waals surface area contributed by atoms with Crippen LogP contribution in [0.4, 0.5) is 0 Å². The number of ether oxygens (including phenoxy) is 3. The van der Waals surface area contributed by atoms with E-state index in [9.17, 15) is 8.42 Å². The highest BCUT2D eigenvalue weighted by atomic mass is 32.2. The van der Waals surface area contributed by atoms with Gasteiger partial charge in [-0.3, -0.25) is 4.90 Å². The molecule has 4 saturated heterocycles. The van der Waals surface area contributed by atoms with Gasteiger partial charge in [0.25, 0.3) is 0 Å². The predicted molar refractivity (Wildman–Crippen MR) is 106 cm³/mol. The lowest BCUT2D eigenvalue weighted by Gasteiger charge is -2.57. The van der Waals surface area contributed by atoms with Gasteiger partial charge in [-0.25, -0.2) is 13.4 Å². The van der Waals surface area contributed by atoms with Crippen LogP contribution >= 0.6 is 0 Å². The smallest absolute Gasteiger partial charge is 0.232 e. The van der Waals surface area contributed by atoms with Crippen LogP contribution in [0.1, 0.15) is 24.8 Å². The van der Waals surface area contributed by atoms with Gasteiger partial charge in [0.2, 0.25) is 15.7 Å². The number of likely N-dealkylation sites (tertiary alicyclic amines) is 1. The Morgan fingerprint density at radius 3 is 2.62 bits per heavy atom. The van der Waals surface area contributed by atoms with E-state index in [2.05, 4.69) is 15.2 Å². The maximum atomic E-state index is 13.8. The molecule has 2 atom stereocenters. The number of piperidine rings is 1. The summed E-state index contributed by atoms with van der Waals surface area (Å²) in [5.74, 6) is 0.136. The third-order valence-corrected chi connectivity index (χ3v) is 8.83. The number of nitrogens with zero attached hydrogens (tertiary/aromatic N) is 2. The molecule has 0 aromatic carbocycles. The lowest BCUT2D eigenvalue weighted by Crippen LogP contribution is -2.69. The summed E-state index contributed by atoms with van der Waals surface area (Å²) in [4.78, 5) is 6.61. The first kappa shape index (κ1) is 19.7. The number of sulfone groups is 1. The Hall–Kier alpha value is -1.26. The third-order valence-electron chi connectivity index (χ3n) is 6.90. The van der Waals surface area contributed by atoms with Crippen molar-refractivity contribution in [1.29, 1.82) is 0 Å². The van der Waals surface area contributed by atoms with Gasteiger partial charge in [-0.2, -0.15) is 0 Å². The van der Waals surface area contributed by atoms with Gasteiger partial charge >= 0.3 is 0 Å². The zero-order chi connectivity index (χ0) is 20.3. The summed E-state index contributed by atoms with van der Waals surface area (Å²) in [5, 5.41) is 3.36. The Bertz CT molecular complexity index is 887. The van der Waals surface area contributed by atoms with Crippen LogP contribution in [0, 0.1) is 12.3 Å². The Morgan fingerprint density at radius 2 is 2.00 bits per heavy atom. The number of pyridine rings is 1. The number of hydrogen-bond donors (Lipinski definition) is 1. The molecule has 1 aromatic rings. The SMILES string of the molecule is COc1ncc(C)cc1S(=O)(=O)C1OC2(CCNCC2)CC1N1CC2(COC2)C1. The lowest BCUT2D eigenvalue weighted by atomic mass is 9.76. The van der Waals surface area contributed by atoms with Crippen LogP contribution in [-0.4, -0.2) is 81.9 Å². The van der Waals surface area contributed by atoms with Crippen molar-refractivity contribution in [3.05, 3.63) is 17.8 Å². The van der Waals surface area contributed by atoms with Gasteiger partial charge in [-0.05, 0) is 50.9 Å². The van der Waals surface area contributed by atoms with E-state index in [4.69, 9.17) is 14.2 Å². The molecule has 4 fully saturated rings. The number of aromatic nitrogens is 1. The van der Waals surface area contributed by atoms with Crippen molar-refractivity contribution < 1.29 is 22.6 Å². The fourth-order valence-corrected chi connectivity index (χ4v) is 7.25. The van der Waals surface area contributed by atoms with Gasteiger partial charge in [-0.15, -0.1) is 0 Å². The molecule has 0 aliphatic carbocycles. The maximum absolute atomic E-state index is 13.8. The molecular weight excluding hydrogens is 394 g/mol. The topological polar surface area (TPSA) is 90.0 Å². The molecular formula is C20H29N3O5S. The highest BCUT2D eigenvalue weighted by molar-refractivity contribution is 7.92. The molecule has 0 saturated carbocycles. The zero-order valence-corrected chi connectivity index (χ0v) is 17.8. The van der Waals surface area contributed by atoms with Gasteiger partial charge < -0.3 is 19.5 Å². The second-order valence-electron chi connectivity index (χ2n) is 9.15. The Labute approximate surface area is 171 Å². The van der Waals surface area contributed by atoms with E-state index < -0.39 is 15.3 Å². The van der Waals surface area contributed by atoms with Crippen LogP contribution in [0.3, 0.4) is 0 Å². The van der Waals surface area contributed by atoms with E-state index in [0.717, 1.165) is 64.2 Å². The molecule has 5 rings (SSSR count). The average molecular weight is 424 g/mol. The van der Waals surface area contributed by atoms with Crippen molar-refractivity contribution >= 4 is 9.84 Å². The van der Waals surface area contributed by atoms with E-state index in [-0.39, 0.29) is 27.8 Å². The normalized spacial score (nSPS) is 30.8. The van der Waals surface area contributed by atoms with E-state index in [0.29, 0.717) is 0 Å². The first-order valence-electron chi connectivity index (χ1n) is 10.3. The molecule has 2 unspecified atom stereocenters. The summed E-state index contributed by atoms with van der Waals surface area (Å²) in [7, 11) is -2.33. The van der Waals surface area contributed by atoms with Gasteiger partial charge in [0.15, 0.2) is 5.44 Å². The van der Waals surface area contributed by atoms with E-state index >= 15 is 0 Å². The molecule has 1 aromatic heterocycles. The number of nitrogens with one attached hydrogen (secondary N) is 1. The zero-order valence-electron chi connectivity index (χ0n) is 17.0. The minimum absolute atomic E-state index is 0.128.